The van der Waals surface area contributed by atoms with Crippen LogP contribution in [0.25, 0.3) is 10.9 Å². The Labute approximate surface area is 212 Å². The molecule has 8 heteroatoms. The van der Waals surface area contributed by atoms with E-state index in [0.29, 0.717) is 46.2 Å². The van der Waals surface area contributed by atoms with Crippen molar-refractivity contribution in [1.29, 1.82) is 5.26 Å². The van der Waals surface area contributed by atoms with Crippen LogP contribution in [-0.4, -0.2) is 61.0 Å². The van der Waals surface area contributed by atoms with Crippen LogP contribution in [-0.2, 0) is 6.54 Å². The molecule has 2 aromatic carbocycles. The van der Waals surface area contributed by atoms with Crippen LogP contribution in [0.15, 0.2) is 42.6 Å². The van der Waals surface area contributed by atoms with Crippen LogP contribution in [0.2, 0.25) is 5.02 Å². The second-order valence-electron chi connectivity index (χ2n) is 8.32. The van der Waals surface area contributed by atoms with E-state index in [1.807, 2.05) is 25.2 Å². The number of amides is 1. The van der Waals surface area contributed by atoms with Gasteiger partial charge in [0.15, 0.2) is 0 Å². The first-order valence-electron chi connectivity index (χ1n) is 11.8. The van der Waals surface area contributed by atoms with E-state index in [1.54, 1.807) is 36.4 Å². The van der Waals surface area contributed by atoms with Gasteiger partial charge < -0.3 is 19.9 Å². The van der Waals surface area contributed by atoms with Crippen molar-refractivity contribution in [1.82, 2.24) is 14.8 Å². The van der Waals surface area contributed by atoms with E-state index in [9.17, 15) is 10.1 Å². The van der Waals surface area contributed by atoms with E-state index in [1.165, 1.54) is 0 Å². The van der Waals surface area contributed by atoms with E-state index >= 15 is 0 Å². The molecule has 0 bridgehead atoms. The number of benzene rings is 2. The predicted molar refractivity (Wildman–Crippen MR) is 141 cm³/mol. The summed E-state index contributed by atoms with van der Waals surface area (Å²) in [5.74, 6) is 0.488. The van der Waals surface area contributed by atoms with Crippen molar-refractivity contribution in [3.63, 3.8) is 0 Å². The molecule has 1 heterocycles. The maximum atomic E-state index is 13.5. The number of fused-ring (bicyclic) bond motifs is 1. The van der Waals surface area contributed by atoms with E-state index in [4.69, 9.17) is 16.3 Å². The molecular weight excluding hydrogens is 462 g/mol. The number of hydrogen-bond acceptors (Lipinski definition) is 6. The lowest BCUT2D eigenvalue weighted by molar-refractivity contribution is 0.0789. The Morgan fingerprint density at radius 1 is 1.17 bits per heavy atom. The Hall–Kier alpha value is -3.34. The Balaban J connectivity index is 1.90. The highest BCUT2D eigenvalue weighted by molar-refractivity contribution is 6.32. The molecule has 0 aliphatic heterocycles. The molecule has 0 aliphatic rings. The molecule has 0 saturated carbocycles. The zero-order valence-electron chi connectivity index (χ0n) is 20.8. The van der Waals surface area contributed by atoms with Crippen molar-refractivity contribution in [3.05, 3.63) is 64.3 Å². The zero-order valence-corrected chi connectivity index (χ0v) is 21.5. The van der Waals surface area contributed by atoms with Crippen LogP contribution < -0.4 is 10.1 Å². The molecule has 0 aliphatic carbocycles. The van der Waals surface area contributed by atoms with Gasteiger partial charge in [0.1, 0.15) is 5.75 Å². The van der Waals surface area contributed by atoms with Gasteiger partial charge in [0.05, 0.1) is 40.5 Å². The quantitative estimate of drug-likeness (QED) is 0.396. The Morgan fingerprint density at radius 3 is 2.60 bits per heavy atom. The van der Waals surface area contributed by atoms with Gasteiger partial charge in [0.2, 0.25) is 0 Å². The van der Waals surface area contributed by atoms with Crippen molar-refractivity contribution in [3.8, 4) is 11.8 Å². The number of hydrogen-bond donors (Lipinski definition) is 1. The number of carbonyl (C=O) groups excluding carboxylic acids is 1. The van der Waals surface area contributed by atoms with Gasteiger partial charge in [-0.05, 0) is 62.0 Å². The van der Waals surface area contributed by atoms with E-state index in [0.717, 1.165) is 37.0 Å². The number of nitrogens with zero attached hydrogens (tertiary/aromatic N) is 4. The highest BCUT2D eigenvalue weighted by Gasteiger charge is 2.19. The van der Waals surface area contributed by atoms with E-state index in [-0.39, 0.29) is 5.91 Å². The van der Waals surface area contributed by atoms with Crippen LogP contribution in [0.5, 0.6) is 5.75 Å². The number of pyridine rings is 1. The third-order valence-corrected chi connectivity index (χ3v) is 6.42. The van der Waals surface area contributed by atoms with E-state index < -0.39 is 0 Å². The first-order valence-corrected chi connectivity index (χ1v) is 12.2. The molecule has 3 aromatic rings. The second kappa shape index (κ2) is 12.4. The van der Waals surface area contributed by atoms with Crippen LogP contribution in [0, 0.1) is 11.3 Å². The Bertz CT molecular complexity index is 1220. The molecule has 0 unspecified atom stereocenters. The van der Waals surface area contributed by atoms with Gasteiger partial charge in [-0.1, -0.05) is 31.5 Å². The Kier molecular flexibility index (Phi) is 9.30. The molecule has 0 spiro atoms. The topological polar surface area (TPSA) is 81.5 Å². The highest BCUT2D eigenvalue weighted by Crippen LogP contribution is 2.30. The highest BCUT2D eigenvalue weighted by atomic mass is 35.5. The third-order valence-electron chi connectivity index (χ3n) is 6.12. The fourth-order valence-electron chi connectivity index (χ4n) is 4.00. The number of nitrogens with one attached hydrogen (secondary N) is 1. The van der Waals surface area contributed by atoms with Crippen molar-refractivity contribution >= 4 is 34.1 Å². The molecule has 0 radical (unpaired) electrons. The molecule has 1 aromatic heterocycles. The average Bonchev–Trinajstić information content (AvgIpc) is 2.88. The third kappa shape index (κ3) is 6.41. The van der Waals surface area contributed by atoms with E-state index in [2.05, 4.69) is 35.1 Å². The van der Waals surface area contributed by atoms with Gasteiger partial charge in [0.25, 0.3) is 5.91 Å². The summed E-state index contributed by atoms with van der Waals surface area (Å²) >= 11 is 6.30. The molecule has 3 rings (SSSR count). The standard InChI is InChI=1S/C27H32ClN5O2/c1-5-33(6-2)13-7-12-32(3)27(34)22-18-30-24-10-8-19(16-29)14-21(24)26(22)31-17-20-9-11-25(35-4)23(28)15-20/h8-11,14-15,18H,5-7,12-13,17H2,1-4H3,(H,30,31). The number of halogens is 1. The molecule has 0 fully saturated rings. The fraction of sp³-hybridized carbons (Fsp3) is 0.370. The zero-order chi connectivity index (χ0) is 25.4. The number of carbonyl (C=O) groups is 1. The lowest BCUT2D eigenvalue weighted by Gasteiger charge is -2.23. The number of ether oxygens (including phenoxy) is 1. The van der Waals surface area contributed by atoms with Gasteiger partial charge in [-0.15, -0.1) is 0 Å². The van der Waals surface area contributed by atoms with Crippen LogP contribution in [0.4, 0.5) is 5.69 Å². The van der Waals surface area contributed by atoms with Gasteiger partial charge in [0, 0.05) is 31.7 Å². The maximum absolute atomic E-state index is 13.5. The van der Waals surface area contributed by atoms with Crippen LogP contribution in [0.1, 0.15) is 41.8 Å². The fourth-order valence-corrected chi connectivity index (χ4v) is 4.28. The summed E-state index contributed by atoms with van der Waals surface area (Å²) in [5, 5.41) is 14.1. The minimum Gasteiger partial charge on any atom is -0.495 e. The lowest BCUT2D eigenvalue weighted by atomic mass is 10.1. The number of aromatic nitrogens is 1. The average molecular weight is 494 g/mol. The summed E-state index contributed by atoms with van der Waals surface area (Å²) < 4.78 is 5.24. The number of methoxy groups -OCH3 is 1. The van der Waals surface area contributed by atoms with Gasteiger partial charge in [-0.2, -0.15) is 5.26 Å². The summed E-state index contributed by atoms with van der Waals surface area (Å²) in [6.07, 6.45) is 2.50. The van der Waals surface area contributed by atoms with Crippen LogP contribution in [0.3, 0.4) is 0 Å². The summed E-state index contributed by atoms with van der Waals surface area (Å²) in [5.41, 5.74) is 3.27. The lowest BCUT2D eigenvalue weighted by Crippen LogP contribution is -2.32. The molecule has 1 amide bonds. The first-order chi connectivity index (χ1) is 16.9. The molecule has 35 heavy (non-hydrogen) atoms. The molecule has 1 N–H and O–H groups in total. The van der Waals surface area contributed by atoms with Crippen molar-refractivity contribution in [2.24, 2.45) is 0 Å². The Morgan fingerprint density at radius 2 is 1.94 bits per heavy atom. The molecule has 0 atom stereocenters. The summed E-state index contributed by atoms with van der Waals surface area (Å²) in [6.45, 7) is 8.28. The largest absolute Gasteiger partial charge is 0.495 e. The van der Waals surface area contributed by atoms with Crippen molar-refractivity contribution in [2.75, 3.05) is 45.7 Å². The van der Waals surface area contributed by atoms with Gasteiger partial charge >= 0.3 is 0 Å². The molecule has 184 valence electrons. The van der Waals surface area contributed by atoms with Crippen molar-refractivity contribution < 1.29 is 9.53 Å². The van der Waals surface area contributed by atoms with Gasteiger partial charge in [-0.25, -0.2) is 0 Å². The maximum Gasteiger partial charge on any atom is 0.257 e. The minimum atomic E-state index is -0.114. The monoisotopic (exact) mass is 493 g/mol. The summed E-state index contributed by atoms with van der Waals surface area (Å²) in [4.78, 5) is 22.0. The summed E-state index contributed by atoms with van der Waals surface area (Å²) in [7, 11) is 3.39. The number of rotatable bonds is 11. The first kappa shape index (κ1) is 26.3. The molecule has 7 nitrogen and oxygen atoms in total. The smallest absolute Gasteiger partial charge is 0.257 e. The van der Waals surface area contributed by atoms with Crippen LogP contribution >= 0.6 is 11.6 Å². The number of anilines is 1. The SMILES string of the molecule is CCN(CC)CCCN(C)C(=O)c1cnc2ccc(C#N)cc2c1NCc1ccc(OC)c(Cl)c1. The predicted octanol–water partition coefficient (Wildman–Crippen LogP) is 5.18. The molecule has 0 saturated heterocycles. The second-order valence-corrected chi connectivity index (χ2v) is 8.73. The summed E-state index contributed by atoms with van der Waals surface area (Å²) in [6, 6.07) is 13.0. The normalized spacial score (nSPS) is 10.9. The minimum absolute atomic E-state index is 0.114. The molecular formula is C27H32ClN5O2. The van der Waals surface area contributed by atoms with Crippen molar-refractivity contribution in [2.45, 2.75) is 26.8 Å². The number of nitriles is 1. The van der Waals surface area contributed by atoms with Gasteiger partial charge in [-0.3, -0.25) is 9.78 Å².